The van der Waals surface area contributed by atoms with E-state index in [2.05, 4.69) is 10.6 Å². The molecule has 5 heteroatoms. The highest BCUT2D eigenvalue weighted by atomic mass is 16.2. The Kier molecular flexibility index (Phi) is 4.66. The van der Waals surface area contributed by atoms with Gasteiger partial charge < -0.3 is 16.4 Å². The summed E-state index contributed by atoms with van der Waals surface area (Å²) in [7, 11) is 0. The lowest BCUT2D eigenvalue weighted by Crippen LogP contribution is -2.17. The number of nitrogens with two attached hydrogens (primary N) is 1. The fourth-order valence-corrected chi connectivity index (χ4v) is 1.38. The molecule has 0 aromatic heterocycles. The van der Waals surface area contributed by atoms with E-state index in [0.29, 0.717) is 17.9 Å². The number of aryl methyl sites for hydroxylation is 1. The van der Waals surface area contributed by atoms with Gasteiger partial charge in [0.1, 0.15) is 0 Å². The second-order valence-corrected chi connectivity index (χ2v) is 3.80. The summed E-state index contributed by atoms with van der Waals surface area (Å²) in [5.74, 6) is -0.274. The Bertz CT molecular complexity index is 430. The van der Waals surface area contributed by atoms with Crippen LogP contribution >= 0.6 is 0 Å². The van der Waals surface area contributed by atoms with E-state index >= 15 is 0 Å². The van der Waals surface area contributed by atoms with Crippen LogP contribution in [0.1, 0.15) is 18.9 Å². The van der Waals surface area contributed by atoms with Gasteiger partial charge in [0.15, 0.2) is 0 Å². The summed E-state index contributed by atoms with van der Waals surface area (Å²) in [5, 5.41) is 5.42. The van der Waals surface area contributed by atoms with Crippen molar-refractivity contribution in [1.29, 1.82) is 0 Å². The highest BCUT2D eigenvalue weighted by Crippen LogP contribution is 2.20. The summed E-state index contributed by atoms with van der Waals surface area (Å²) in [5.41, 5.74) is 7.58. The van der Waals surface area contributed by atoms with Crippen LogP contribution in [0.25, 0.3) is 0 Å². The molecule has 0 heterocycles. The fraction of sp³-hybridized carbons (Fsp3) is 0.333. The van der Waals surface area contributed by atoms with Crippen molar-refractivity contribution < 1.29 is 9.59 Å². The molecular formula is C12H17N3O2. The number of amides is 2. The van der Waals surface area contributed by atoms with Crippen LogP contribution in [0, 0.1) is 6.92 Å². The van der Waals surface area contributed by atoms with E-state index < -0.39 is 0 Å². The first-order chi connectivity index (χ1) is 8.02. The fourth-order valence-electron chi connectivity index (χ4n) is 1.38. The molecule has 0 aliphatic heterocycles. The molecule has 0 aliphatic carbocycles. The number of anilines is 2. The van der Waals surface area contributed by atoms with Gasteiger partial charge in [0.05, 0.1) is 0 Å². The third kappa shape index (κ3) is 4.24. The van der Waals surface area contributed by atoms with Crippen LogP contribution in [-0.2, 0) is 9.59 Å². The molecule has 0 saturated carbocycles. The van der Waals surface area contributed by atoms with Gasteiger partial charge in [-0.25, -0.2) is 0 Å². The average Bonchev–Trinajstić information content (AvgIpc) is 2.22. The van der Waals surface area contributed by atoms with Gasteiger partial charge >= 0.3 is 0 Å². The smallest absolute Gasteiger partial charge is 0.225 e. The second-order valence-electron chi connectivity index (χ2n) is 3.80. The summed E-state index contributed by atoms with van der Waals surface area (Å²) in [6.07, 6.45) is 0.282. The maximum Gasteiger partial charge on any atom is 0.225 e. The van der Waals surface area contributed by atoms with Crippen molar-refractivity contribution in [3.05, 3.63) is 23.8 Å². The lowest BCUT2D eigenvalue weighted by Gasteiger charge is -2.10. The van der Waals surface area contributed by atoms with E-state index in [0.717, 1.165) is 5.56 Å². The molecule has 0 radical (unpaired) electrons. The zero-order valence-electron chi connectivity index (χ0n) is 10.0. The molecule has 4 N–H and O–H groups in total. The summed E-state index contributed by atoms with van der Waals surface area (Å²) in [4.78, 5) is 22.3. The molecule has 0 aliphatic rings. The molecule has 0 fully saturated rings. The molecule has 0 unspecified atom stereocenters. The van der Waals surface area contributed by atoms with Crippen LogP contribution < -0.4 is 16.4 Å². The van der Waals surface area contributed by atoms with Gasteiger partial charge in [-0.3, -0.25) is 9.59 Å². The van der Waals surface area contributed by atoms with E-state index in [1.165, 1.54) is 6.92 Å². The molecule has 92 valence electrons. The molecule has 1 rings (SSSR count). The van der Waals surface area contributed by atoms with Crippen molar-refractivity contribution in [2.75, 3.05) is 17.2 Å². The van der Waals surface area contributed by atoms with Gasteiger partial charge in [-0.05, 0) is 24.6 Å². The summed E-state index contributed by atoms with van der Waals surface area (Å²) in [6, 6.07) is 5.35. The first-order valence-electron chi connectivity index (χ1n) is 5.41. The Labute approximate surface area is 100 Å². The Balaban J connectivity index is 2.83. The van der Waals surface area contributed by atoms with Gasteiger partial charge in [0, 0.05) is 31.3 Å². The Hall–Kier alpha value is -1.88. The van der Waals surface area contributed by atoms with E-state index in [1.807, 2.05) is 13.0 Å². The molecule has 2 amide bonds. The number of rotatable bonds is 4. The maximum atomic E-state index is 11.4. The van der Waals surface area contributed by atoms with Crippen molar-refractivity contribution >= 4 is 23.2 Å². The largest absolute Gasteiger partial charge is 0.330 e. The Morgan fingerprint density at radius 3 is 2.59 bits per heavy atom. The van der Waals surface area contributed by atoms with Gasteiger partial charge in [0.2, 0.25) is 11.8 Å². The predicted molar refractivity (Wildman–Crippen MR) is 67.8 cm³/mol. The van der Waals surface area contributed by atoms with Crippen molar-refractivity contribution in [2.45, 2.75) is 20.3 Å². The summed E-state index contributed by atoms with van der Waals surface area (Å²) < 4.78 is 0. The minimum atomic E-state index is -0.145. The van der Waals surface area contributed by atoms with Crippen molar-refractivity contribution in [2.24, 2.45) is 5.73 Å². The number of carbonyl (C=O) groups excluding carboxylic acids is 2. The van der Waals surface area contributed by atoms with E-state index in [1.54, 1.807) is 12.1 Å². The van der Waals surface area contributed by atoms with Gasteiger partial charge in [-0.15, -0.1) is 0 Å². The van der Waals surface area contributed by atoms with Crippen molar-refractivity contribution in [3.8, 4) is 0 Å². The highest BCUT2D eigenvalue weighted by molar-refractivity contribution is 5.94. The Morgan fingerprint density at radius 1 is 1.29 bits per heavy atom. The average molecular weight is 235 g/mol. The number of nitrogens with one attached hydrogen (secondary N) is 2. The minimum Gasteiger partial charge on any atom is -0.330 e. The van der Waals surface area contributed by atoms with Gasteiger partial charge in [0.25, 0.3) is 0 Å². The molecule has 0 bridgehead atoms. The van der Waals surface area contributed by atoms with Crippen LogP contribution in [0.2, 0.25) is 0 Å². The van der Waals surface area contributed by atoms with Crippen molar-refractivity contribution in [1.82, 2.24) is 0 Å². The normalized spacial score (nSPS) is 9.82. The first-order valence-corrected chi connectivity index (χ1v) is 5.41. The zero-order valence-corrected chi connectivity index (χ0v) is 10.0. The molecule has 0 atom stereocenters. The summed E-state index contributed by atoms with van der Waals surface area (Å²) >= 11 is 0. The Morgan fingerprint density at radius 2 is 2.00 bits per heavy atom. The molecule has 5 nitrogen and oxygen atoms in total. The van der Waals surface area contributed by atoms with E-state index in [9.17, 15) is 9.59 Å². The molecular weight excluding hydrogens is 218 g/mol. The van der Waals surface area contributed by atoms with Gasteiger partial charge in [-0.2, -0.15) is 0 Å². The van der Waals surface area contributed by atoms with Gasteiger partial charge in [-0.1, -0.05) is 6.07 Å². The first kappa shape index (κ1) is 13.2. The highest BCUT2D eigenvalue weighted by Gasteiger charge is 2.05. The van der Waals surface area contributed by atoms with E-state index in [-0.39, 0.29) is 18.2 Å². The SMILES string of the molecule is CC(=O)Nc1ccc(C)c(NC(=O)CCN)c1. The standard InChI is InChI=1S/C12H17N3O2/c1-8-3-4-10(14-9(2)16)7-11(8)15-12(17)5-6-13/h3-4,7H,5-6,13H2,1-2H3,(H,14,16)(H,15,17). The second kappa shape index (κ2) is 6.00. The molecule has 1 aromatic carbocycles. The zero-order chi connectivity index (χ0) is 12.8. The minimum absolute atomic E-state index is 0.129. The third-order valence-electron chi connectivity index (χ3n) is 2.20. The lowest BCUT2D eigenvalue weighted by molar-refractivity contribution is -0.116. The monoisotopic (exact) mass is 235 g/mol. The van der Waals surface area contributed by atoms with Crippen LogP contribution in [-0.4, -0.2) is 18.4 Å². The number of benzene rings is 1. The van der Waals surface area contributed by atoms with Crippen LogP contribution in [0.3, 0.4) is 0 Å². The quantitative estimate of drug-likeness (QED) is 0.734. The van der Waals surface area contributed by atoms with E-state index in [4.69, 9.17) is 5.73 Å². The molecule has 1 aromatic rings. The third-order valence-corrected chi connectivity index (χ3v) is 2.20. The number of carbonyl (C=O) groups is 2. The molecule has 17 heavy (non-hydrogen) atoms. The van der Waals surface area contributed by atoms with Crippen LogP contribution in [0.4, 0.5) is 11.4 Å². The van der Waals surface area contributed by atoms with Crippen LogP contribution in [0.15, 0.2) is 18.2 Å². The molecule has 0 saturated heterocycles. The summed E-state index contributed by atoms with van der Waals surface area (Å²) in [6.45, 7) is 3.64. The van der Waals surface area contributed by atoms with Crippen LogP contribution in [0.5, 0.6) is 0 Å². The van der Waals surface area contributed by atoms with Crippen molar-refractivity contribution in [3.63, 3.8) is 0 Å². The maximum absolute atomic E-state index is 11.4. The molecule has 0 spiro atoms. The number of hydrogen-bond donors (Lipinski definition) is 3. The topological polar surface area (TPSA) is 84.2 Å². The number of hydrogen-bond acceptors (Lipinski definition) is 3. The lowest BCUT2D eigenvalue weighted by atomic mass is 10.1. The predicted octanol–water partition coefficient (Wildman–Crippen LogP) is 1.24.